The van der Waals surface area contributed by atoms with Gasteiger partial charge in [0.2, 0.25) is 0 Å². The number of ether oxygens (including phenoxy) is 4. The lowest BCUT2D eigenvalue weighted by atomic mass is 9.93. The molecule has 3 aromatic rings. The lowest BCUT2D eigenvalue weighted by Gasteiger charge is -2.19. The molecule has 0 spiro atoms. The first kappa shape index (κ1) is 22.9. The highest BCUT2D eigenvalue weighted by Gasteiger charge is 2.23. The van der Waals surface area contributed by atoms with Crippen molar-refractivity contribution in [2.75, 3.05) is 13.2 Å². The maximum atomic E-state index is 12.4. The zero-order chi connectivity index (χ0) is 23.1. The van der Waals surface area contributed by atoms with E-state index in [2.05, 4.69) is 19.2 Å². The molecule has 32 heavy (non-hydrogen) atoms. The van der Waals surface area contributed by atoms with E-state index in [1.165, 1.54) is 12.2 Å². The molecule has 6 heteroatoms. The van der Waals surface area contributed by atoms with Crippen LogP contribution in [0.15, 0.2) is 61.7 Å². The highest BCUT2D eigenvalue weighted by molar-refractivity contribution is 6.13. The minimum Gasteiger partial charge on any atom is -0.430 e. The predicted octanol–water partition coefficient (Wildman–Crippen LogP) is 6.52. The van der Waals surface area contributed by atoms with Gasteiger partial charge in [0.1, 0.15) is 19.0 Å². The Morgan fingerprint density at radius 3 is 1.91 bits per heavy atom. The average molecular weight is 434 g/mol. The van der Waals surface area contributed by atoms with Crippen molar-refractivity contribution in [2.45, 2.75) is 26.7 Å². The summed E-state index contributed by atoms with van der Waals surface area (Å²) in [5.74, 6) is 0.706. The standard InChI is InChI=1S/C26H26O6/c1-5-13-29-25(27)31-23-19-11-9-10-12-20(19)24(32-26(28)30-14-6-2)22-18(8-4)15-17(7-3)16-21(22)23/h5-6,9-12,15-16H,1-2,7-8,13-14H2,3-4H3. The third-order valence-corrected chi connectivity index (χ3v) is 4.97. The van der Waals surface area contributed by atoms with E-state index in [9.17, 15) is 9.59 Å². The van der Waals surface area contributed by atoms with Gasteiger partial charge in [0.15, 0.2) is 5.75 Å². The van der Waals surface area contributed by atoms with Crippen LogP contribution in [0.2, 0.25) is 0 Å². The molecule has 0 amide bonds. The summed E-state index contributed by atoms with van der Waals surface area (Å²) in [6, 6.07) is 11.3. The zero-order valence-corrected chi connectivity index (χ0v) is 18.3. The van der Waals surface area contributed by atoms with Crippen LogP contribution in [0, 0.1) is 0 Å². The second-order valence-electron chi connectivity index (χ2n) is 6.99. The first-order valence-corrected chi connectivity index (χ1v) is 10.4. The SMILES string of the molecule is C=CCOC(=O)Oc1c2ccccc2c(OC(=O)OCC=C)c2c(CC)cc(CC)cc12. The Labute approximate surface area is 187 Å². The van der Waals surface area contributed by atoms with Crippen molar-refractivity contribution in [2.24, 2.45) is 0 Å². The number of hydrogen-bond acceptors (Lipinski definition) is 6. The van der Waals surface area contributed by atoms with Crippen molar-refractivity contribution in [3.63, 3.8) is 0 Å². The average Bonchev–Trinajstić information content (AvgIpc) is 2.82. The molecule has 0 heterocycles. The van der Waals surface area contributed by atoms with Gasteiger partial charge in [-0.2, -0.15) is 0 Å². The van der Waals surface area contributed by atoms with E-state index < -0.39 is 12.3 Å². The van der Waals surface area contributed by atoms with E-state index in [0.717, 1.165) is 17.5 Å². The molecule has 0 aliphatic heterocycles. The second-order valence-corrected chi connectivity index (χ2v) is 6.99. The molecule has 0 aromatic heterocycles. The lowest BCUT2D eigenvalue weighted by Crippen LogP contribution is -2.13. The highest BCUT2D eigenvalue weighted by atomic mass is 16.7. The van der Waals surface area contributed by atoms with E-state index >= 15 is 0 Å². The molecule has 3 aromatic carbocycles. The van der Waals surface area contributed by atoms with Gasteiger partial charge in [-0.1, -0.05) is 69.5 Å². The van der Waals surface area contributed by atoms with E-state index in [1.54, 1.807) is 12.1 Å². The molecule has 0 aliphatic rings. The van der Waals surface area contributed by atoms with Crippen LogP contribution in [0.5, 0.6) is 11.5 Å². The summed E-state index contributed by atoms with van der Waals surface area (Å²) in [5, 5.41) is 2.56. The van der Waals surface area contributed by atoms with Gasteiger partial charge in [0.05, 0.1) is 0 Å². The number of fused-ring (bicyclic) bond motifs is 2. The molecule has 3 rings (SSSR count). The smallest absolute Gasteiger partial charge is 0.430 e. The summed E-state index contributed by atoms with van der Waals surface area (Å²) in [7, 11) is 0. The summed E-state index contributed by atoms with van der Waals surface area (Å²) >= 11 is 0. The van der Waals surface area contributed by atoms with Crippen molar-refractivity contribution in [1.82, 2.24) is 0 Å². The van der Waals surface area contributed by atoms with Crippen molar-refractivity contribution >= 4 is 33.9 Å². The first-order valence-electron chi connectivity index (χ1n) is 10.4. The number of hydrogen-bond donors (Lipinski definition) is 0. The predicted molar refractivity (Wildman–Crippen MR) is 125 cm³/mol. The van der Waals surface area contributed by atoms with Gasteiger partial charge in [-0.3, -0.25) is 0 Å². The minimum absolute atomic E-state index is 0.0332. The zero-order valence-electron chi connectivity index (χ0n) is 18.3. The fourth-order valence-electron chi connectivity index (χ4n) is 3.55. The van der Waals surface area contributed by atoms with Crippen molar-refractivity contribution in [3.05, 3.63) is 72.8 Å². The largest absolute Gasteiger partial charge is 0.514 e. The molecular weight excluding hydrogens is 408 g/mol. The first-order chi connectivity index (χ1) is 15.5. The fourth-order valence-corrected chi connectivity index (χ4v) is 3.55. The molecule has 0 N–H and O–H groups in total. The molecule has 0 saturated heterocycles. The Morgan fingerprint density at radius 2 is 1.38 bits per heavy atom. The van der Waals surface area contributed by atoms with Gasteiger partial charge in [0.25, 0.3) is 0 Å². The van der Waals surface area contributed by atoms with Gasteiger partial charge in [-0.05, 0) is 30.0 Å². The Balaban J connectivity index is 2.33. The van der Waals surface area contributed by atoms with Crippen LogP contribution in [-0.4, -0.2) is 25.5 Å². The molecule has 0 aliphatic carbocycles. The van der Waals surface area contributed by atoms with Crippen molar-refractivity contribution in [3.8, 4) is 11.5 Å². The van der Waals surface area contributed by atoms with Gasteiger partial charge in [0, 0.05) is 21.5 Å². The van der Waals surface area contributed by atoms with Crippen LogP contribution in [0.3, 0.4) is 0 Å². The number of aryl methyl sites for hydroxylation is 2. The quantitative estimate of drug-likeness (QED) is 0.174. The molecule has 0 saturated carbocycles. The fraction of sp³-hybridized carbons (Fsp3) is 0.231. The molecule has 166 valence electrons. The topological polar surface area (TPSA) is 71.1 Å². The molecule has 6 nitrogen and oxygen atoms in total. The second kappa shape index (κ2) is 10.5. The Bertz CT molecular complexity index is 1180. The third-order valence-electron chi connectivity index (χ3n) is 4.97. The molecule has 0 atom stereocenters. The molecular formula is C26H26O6. The van der Waals surface area contributed by atoms with E-state index in [1.807, 2.05) is 32.0 Å². The van der Waals surface area contributed by atoms with Crippen LogP contribution in [0.25, 0.3) is 21.5 Å². The monoisotopic (exact) mass is 434 g/mol. The van der Waals surface area contributed by atoms with Gasteiger partial charge >= 0.3 is 12.3 Å². The van der Waals surface area contributed by atoms with Gasteiger partial charge in [-0.15, -0.1) is 0 Å². The van der Waals surface area contributed by atoms with Crippen LogP contribution in [-0.2, 0) is 22.3 Å². The number of benzene rings is 3. The van der Waals surface area contributed by atoms with E-state index in [0.29, 0.717) is 39.5 Å². The summed E-state index contributed by atoms with van der Waals surface area (Å²) < 4.78 is 21.5. The summed E-state index contributed by atoms with van der Waals surface area (Å²) in [6.45, 7) is 11.2. The molecule has 0 bridgehead atoms. The Morgan fingerprint density at radius 1 is 0.812 bits per heavy atom. The summed E-state index contributed by atoms with van der Waals surface area (Å²) in [4.78, 5) is 24.7. The van der Waals surface area contributed by atoms with Crippen LogP contribution >= 0.6 is 0 Å². The minimum atomic E-state index is -0.838. The summed E-state index contributed by atoms with van der Waals surface area (Å²) in [5.41, 5.74) is 2.02. The van der Waals surface area contributed by atoms with Crippen molar-refractivity contribution < 1.29 is 28.5 Å². The number of rotatable bonds is 8. The highest BCUT2D eigenvalue weighted by Crippen LogP contribution is 2.45. The van der Waals surface area contributed by atoms with Gasteiger partial charge in [-0.25, -0.2) is 9.59 Å². The van der Waals surface area contributed by atoms with Crippen LogP contribution < -0.4 is 9.47 Å². The molecule has 0 unspecified atom stereocenters. The maximum absolute atomic E-state index is 12.4. The molecule has 0 fully saturated rings. The van der Waals surface area contributed by atoms with Crippen molar-refractivity contribution in [1.29, 1.82) is 0 Å². The number of carbonyl (C=O) groups is 2. The Kier molecular flexibility index (Phi) is 7.49. The maximum Gasteiger partial charge on any atom is 0.514 e. The lowest BCUT2D eigenvalue weighted by molar-refractivity contribution is 0.109. The van der Waals surface area contributed by atoms with E-state index in [-0.39, 0.29) is 13.2 Å². The summed E-state index contributed by atoms with van der Waals surface area (Å²) in [6.07, 6.45) is 2.73. The van der Waals surface area contributed by atoms with Crippen LogP contribution in [0.4, 0.5) is 9.59 Å². The van der Waals surface area contributed by atoms with E-state index in [4.69, 9.17) is 18.9 Å². The normalized spacial score (nSPS) is 10.6. The van der Waals surface area contributed by atoms with Gasteiger partial charge < -0.3 is 18.9 Å². The van der Waals surface area contributed by atoms with Crippen LogP contribution in [0.1, 0.15) is 25.0 Å². The third kappa shape index (κ3) is 4.75. The molecule has 0 radical (unpaired) electrons. The number of carbonyl (C=O) groups excluding carboxylic acids is 2. The Hall–Kier alpha value is -3.80.